The molecule has 0 saturated carbocycles. The van der Waals surface area contributed by atoms with Crippen LogP contribution in [0.2, 0.25) is 0 Å². The summed E-state index contributed by atoms with van der Waals surface area (Å²) in [5.41, 5.74) is -5.11. The van der Waals surface area contributed by atoms with Gasteiger partial charge in [-0.25, -0.2) is 4.85 Å². The van der Waals surface area contributed by atoms with E-state index in [-0.39, 0.29) is 0 Å². The molecule has 0 heterocycles. The minimum absolute atomic E-state index is 0.370. The largest absolute Gasteiger partial charge is 0.534 e. The Morgan fingerprint density at radius 1 is 1.05 bits per heavy atom. The zero-order valence-corrected chi connectivity index (χ0v) is 10.5. The second kappa shape index (κ2) is 4.68. The summed E-state index contributed by atoms with van der Waals surface area (Å²) in [5, 5.41) is 1.06. The van der Waals surface area contributed by atoms with E-state index in [9.17, 15) is 21.6 Å². The molecule has 2 rings (SSSR count). The van der Waals surface area contributed by atoms with Crippen molar-refractivity contribution >= 4 is 26.6 Å². The lowest BCUT2D eigenvalue weighted by atomic mass is 10.1. The van der Waals surface area contributed by atoms with Crippen LogP contribution in [0.15, 0.2) is 36.4 Å². The fourth-order valence-electron chi connectivity index (χ4n) is 1.51. The van der Waals surface area contributed by atoms with E-state index in [4.69, 9.17) is 6.57 Å². The van der Waals surface area contributed by atoms with Crippen molar-refractivity contribution in [2.75, 3.05) is 0 Å². The van der Waals surface area contributed by atoms with E-state index in [2.05, 4.69) is 9.03 Å². The maximum absolute atomic E-state index is 12.2. The number of hydrogen-bond acceptors (Lipinski definition) is 3. The maximum atomic E-state index is 12.2. The molecular formula is C12H6F3NO3S. The summed E-state index contributed by atoms with van der Waals surface area (Å²) in [5.74, 6) is -0.439. The van der Waals surface area contributed by atoms with Crippen LogP contribution in [0, 0.1) is 6.57 Å². The molecule has 4 nitrogen and oxygen atoms in total. The number of nitrogens with zero attached hydrogens (tertiary/aromatic N) is 1. The summed E-state index contributed by atoms with van der Waals surface area (Å²) in [6, 6.07) is 8.13. The normalized spacial score (nSPS) is 12.1. The summed E-state index contributed by atoms with van der Waals surface area (Å²) in [6.07, 6.45) is 0. The smallest absolute Gasteiger partial charge is 0.376 e. The standard InChI is InChI=1S/C12H6F3NO3S/c1-16-10-4-2-9-7-11(5-3-8(9)6-10)19-20(17,18)12(13,14)15/h2-7H. The zero-order valence-electron chi connectivity index (χ0n) is 9.68. The third-order valence-electron chi connectivity index (χ3n) is 2.41. The van der Waals surface area contributed by atoms with Gasteiger partial charge in [0, 0.05) is 0 Å². The number of halogens is 3. The fourth-order valence-corrected chi connectivity index (χ4v) is 1.96. The van der Waals surface area contributed by atoms with Crippen molar-refractivity contribution in [1.82, 2.24) is 0 Å². The molecule has 20 heavy (non-hydrogen) atoms. The second-order valence-corrected chi connectivity index (χ2v) is 5.33. The van der Waals surface area contributed by atoms with Gasteiger partial charge in [-0.15, -0.1) is 0 Å². The van der Waals surface area contributed by atoms with E-state index >= 15 is 0 Å². The van der Waals surface area contributed by atoms with Gasteiger partial charge in [0.05, 0.1) is 6.57 Å². The Balaban J connectivity index is 2.42. The van der Waals surface area contributed by atoms with Crippen molar-refractivity contribution in [3.63, 3.8) is 0 Å². The van der Waals surface area contributed by atoms with Gasteiger partial charge < -0.3 is 4.18 Å². The fraction of sp³-hybridized carbons (Fsp3) is 0.0833. The number of fused-ring (bicyclic) bond motifs is 1. The van der Waals surface area contributed by atoms with Gasteiger partial charge >= 0.3 is 15.6 Å². The molecule has 0 saturated heterocycles. The molecule has 0 atom stereocenters. The van der Waals surface area contributed by atoms with Gasteiger partial charge in [-0.3, -0.25) is 0 Å². The van der Waals surface area contributed by atoms with E-state index in [1.807, 2.05) is 0 Å². The third kappa shape index (κ3) is 2.67. The first-order chi connectivity index (χ1) is 9.23. The van der Waals surface area contributed by atoms with Gasteiger partial charge in [0.15, 0.2) is 5.69 Å². The molecule has 0 aliphatic heterocycles. The molecule has 0 spiro atoms. The predicted octanol–water partition coefficient (Wildman–Crippen LogP) is 3.62. The molecular weight excluding hydrogens is 295 g/mol. The molecule has 0 radical (unpaired) electrons. The minimum atomic E-state index is -5.68. The molecule has 0 unspecified atom stereocenters. The molecule has 104 valence electrons. The lowest BCUT2D eigenvalue weighted by Gasteiger charge is -2.10. The van der Waals surface area contributed by atoms with Crippen molar-refractivity contribution in [3.05, 3.63) is 47.8 Å². The Hall–Kier alpha value is -2.27. The number of alkyl halides is 3. The van der Waals surface area contributed by atoms with E-state index in [1.165, 1.54) is 24.3 Å². The van der Waals surface area contributed by atoms with Crippen LogP contribution < -0.4 is 4.18 Å². The Kier molecular flexibility index (Phi) is 3.31. The van der Waals surface area contributed by atoms with Crippen molar-refractivity contribution in [2.45, 2.75) is 5.51 Å². The van der Waals surface area contributed by atoms with Gasteiger partial charge in [-0.05, 0) is 29.0 Å². The highest BCUT2D eigenvalue weighted by Gasteiger charge is 2.48. The number of hydrogen-bond donors (Lipinski definition) is 0. The summed E-state index contributed by atoms with van der Waals surface area (Å²) in [6.45, 7) is 6.84. The topological polar surface area (TPSA) is 47.7 Å². The van der Waals surface area contributed by atoms with Gasteiger partial charge in [0.2, 0.25) is 0 Å². The molecule has 2 aromatic carbocycles. The maximum Gasteiger partial charge on any atom is 0.534 e. The lowest BCUT2D eigenvalue weighted by Crippen LogP contribution is -2.28. The Labute approximate surface area is 112 Å². The van der Waals surface area contributed by atoms with Crippen LogP contribution in [0.4, 0.5) is 18.9 Å². The molecule has 0 aliphatic carbocycles. The first kappa shape index (κ1) is 14.1. The highest BCUT2D eigenvalue weighted by atomic mass is 32.2. The molecule has 2 aromatic rings. The molecule has 0 fully saturated rings. The van der Waals surface area contributed by atoms with E-state index in [1.54, 1.807) is 0 Å². The van der Waals surface area contributed by atoms with Crippen molar-refractivity contribution in [3.8, 4) is 5.75 Å². The summed E-state index contributed by atoms with van der Waals surface area (Å²) in [4.78, 5) is 3.21. The average Bonchev–Trinajstić information content (AvgIpc) is 2.36. The molecule has 0 N–H and O–H groups in total. The van der Waals surface area contributed by atoms with Gasteiger partial charge in [0.25, 0.3) is 0 Å². The summed E-state index contributed by atoms with van der Waals surface area (Å²) >= 11 is 0. The molecule has 0 bridgehead atoms. The van der Waals surface area contributed by atoms with Crippen molar-refractivity contribution in [1.29, 1.82) is 0 Å². The van der Waals surface area contributed by atoms with E-state index in [0.29, 0.717) is 16.5 Å². The first-order valence-electron chi connectivity index (χ1n) is 5.15. The zero-order chi connectivity index (χ0) is 15.0. The van der Waals surface area contributed by atoms with Crippen molar-refractivity contribution in [2.24, 2.45) is 0 Å². The highest BCUT2D eigenvalue weighted by Crippen LogP contribution is 2.30. The van der Waals surface area contributed by atoms with Crippen molar-refractivity contribution < 1.29 is 25.8 Å². The third-order valence-corrected chi connectivity index (χ3v) is 3.39. The lowest BCUT2D eigenvalue weighted by molar-refractivity contribution is -0.0500. The molecule has 0 amide bonds. The van der Waals surface area contributed by atoms with Gasteiger partial charge in [-0.1, -0.05) is 18.2 Å². The minimum Gasteiger partial charge on any atom is -0.376 e. The van der Waals surface area contributed by atoms with Crippen LogP contribution in [0.3, 0.4) is 0 Å². The van der Waals surface area contributed by atoms with Crippen LogP contribution in [0.1, 0.15) is 0 Å². The predicted molar refractivity (Wildman–Crippen MR) is 65.8 cm³/mol. The van der Waals surface area contributed by atoms with Crippen LogP contribution in [0.5, 0.6) is 5.75 Å². The summed E-state index contributed by atoms with van der Waals surface area (Å²) in [7, 11) is -5.68. The molecule has 0 aliphatic rings. The van der Waals surface area contributed by atoms with Crippen LogP contribution in [-0.4, -0.2) is 13.9 Å². The first-order valence-corrected chi connectivity index (χ1v) is 6.56. The number of rotatable bonds is 2. The van der Waals surface area contributed by atoms with Crippen LogP contribution in [0.25, 0.3) is 15.6 Å². The Morgan fingerprint density at radius 2 is 1.65 bits per heavy atom. The highest BCUT2D eigenvalue weighted by molar-refractivity contribution is 7.88. The number of benzene rings is 2. The summed E-state index contributed by atoms with van der Waals surface area (Å²) < 4.78 is 62.3. The monoisotopic (exact) mass is 301 g/mol. The van der Waals surface area contributed by atoms with Gasteiger partial charge in [0.1, 0.15) is 5.75 Å². The van der Waals surface area contributed by atoms with E-state index < -0.39 is 21.4 Å². The van der Waals surface area contributed by atoms with Gasteiger partial charge in [-0.2, -0.15) is 21.6 Å². The second-order valence-electron chi connectivity index (χ2n) is 3.79. The molecule has 8 heteroatoms. The quantitative estimate of drug-likeness (QED) is 0.483. The van der Waals surface area contributed by atoms with E-state index in [0.717, 1.165) is 12.1 Å². The Morgan fingerprint density at radius 3 is 2.25 bits per heavy atom. The SMILES string of the molecule is [C-]#[N+]c1ccc2cc(OS(=O)(=O)C(F)(F)F)ccc2c1. The average molecular weight is 301 g/mol. The Bertz CT molecular complexity index is 807. The van der Waals surface area contributed by atoms with Crippen LogP contribution in [-0.2, 0) is 10.1 Å². The van der Waals surface area contributed by atoms with Crippen LogP contribution >= 0.6 is 0 Å². The molecule has 0 aromatic heterocycles.